The van der Waals surface area contributed by atoms with Gasteiger partial charge in [-0.2, -0.15) is 0 Å². The molecule has 1 heterocycles. The Kier molecular flexibility index (Phi) is 5.48. The molecule has 0 spiro atoms. The lowest BCUT2D eigenvalue weighted by molar-refractivity contribution is -0.119. The highest BCUT2D eigenvalue weighted by Gasteiger charge is 2.05. The van der Waals surface area contributed by atoms with E-state index in [0.29, 0.717) is 11.7 Å². The highest BCUT2D eigenvalue weighted by Crippen LogP contribution is 2.24. The second-order valence-electron chi connectivity index (χ2n) is 4.77. The molecule has 2 rings (SSSR count). The number of anilines is 1. The Morgan fingerprint density at radius 3 is 2.50 bits per heavy atom. The number of hydrazine groups is 1. The predicted molar refractivity (Wildman–Crippen MR) is 87.4 cm³/mol. The summed E-state index contributed by atoms with van der Waals surface area (Å²) in [4.78, 5) is 26.1. The molecule has 1 aromatic carbocycles. The molecule has 22 heavy (non-hydrogen) atoms. The van der Waals surface area contributed by atoms with Gasteiger partial charge in [0.2, 0.25) is 16.9 Å². The fourth-order valence-corrected chi connectivity index (χ4v) is 2.50. The van der Waals surface area contributed by atoms with E-state index in [9.17, 15) is 9.59 Å². The maximum Gasteiger partial charge on any atom is 0.235 e. The standard InChI is InChI=1S/C15H18N4O2S/c1-10(20)16-8-7-12-3-5-13(6-4-12)14-9-22-15(17-14)19-18-11(2)21/h3-6,9H,7-8H2,1-2H3,(H,16,20)(H,17,19)(H,18,21). The summed E-state index contributed by atoms with van der Waals surface area (Å²) in [6.45, 7) is 3.58. The van der Waals surface area contributed by atoms with Crippen LogP contribution in [0.5, 0.6) is 0 Å². The van der Waals surface area contributed by atoms with Gasteiger partial charge in [0, 0.05) is 31.3 Å². The van der Waals surface area contributed by atoms with Gasteiger partial charge in [-0.1, -0.05) is 24.3 Å². The highest BCUT2D eigenvalue weighted by atomic mass is 32.1. The average Bonchev–Trinajstić information content (AvgIpc) is 2.94. The van der Waals surface area contributed by atoms with Crippen LogP contribution in [0.3, 0.4) is 0 Å². The minimum Gasteiger partial charge on any atom is -0.356 e. The number of amides is 2. The summed E-state index contributed by atoms with van der Waals surface area (Å²) in [5.41, 5.74) is 8.26. The number of hydrogen-bond donors (Lipinski definition) is 3. The van der Waals surface area contributed by atoms with Crippen LogP contribution in [0.25, 0.3) is 11.3 Å². The molecular weight excluding hydrogens is 300 g/mol. The van der Waals surface area contributed by atoms with Crippen molar-refractivity contribution in [3.63, 3.8) is 0 Å². The fourth-order valence-electron chi connectivity index (χ4n) is 1.83. The first-order valence-electron chi connectivity index (χ1n) is 6.86. The molecule has 0 bridgehead atoms. The summed E-state index contributed by atoms with van der Waals surface area (Å²) in [6.07, 6.45) is 0.798. The molecule has 0 atom stereocenters. The highest BCUT2D eigenvalue weighted by molar-refractivity contribution is 7.14. The molecule has 0 radical (unpaired) electrons. The molecule has 116 valence electrons. The number of hydrogen-bond acceptors (Lipinski definition) is 5. The average molecular weight is 318 g/mol. The predicted octanol–water partition coefficient (Wildman–Crippen LogP) is 1.95. The summed E-state index contributed by atoms with van der Waals surface area (Å²) in [7, 11) is 0. The van der Waals surface area contributed by atoms with Crippen LogP contribution in [0.1, 0.15) is 19.4 Å². The largest absolute Gasteiger partial charge is 0.356 e. The van der Waals surface area contributed by atoms with Gasteiger partial charge in [0.15, 0.2) is 0 Å². The van der Waals surface area contributed by atoms with Crippen molar-refractivity contribution in [1.82, 2.24) is 15.7 Å². The van der Waals surface area contributed by atoms with Crippen molar-refractivity contribution in [3.05, 3.63) is 35.2 Å². The second kappa shape index (κ2) is 7.56. The zero-order valence-electron chi connectivity index (χ0n) is 12.5. The molecule has 0 aliphatic heterocycles. The zero-order valence-corrected chi connectivity index (χ0v) is 13.3. The van der Waals surface area contributed by atoms with Gasteiger partial charge < -0.3 is 5.32 Å². The van der Waals surface area contributed by atoms with Crippen LogP contribution in [-0.2, 0) is 16.0 Å². The lowest BCUT2D eigenvalue weighted by atomic mass is 10.1. The van der Waals surface area contributed by atoms with Crippen LogP contribution < -0.4 is 16.2 Å². The lowest BCUT2D eigenvalue weighted by Gasteiger charge is -2.04. The Bertz CT molecular complexity index is 652. The topological polar surface area (TPSA) is 83.1 Å². The van der Waals surface area contributed by atoms with Crippen LogP contribution in [0.15, 0.2) is 29.6 Å². The number of carbonyl (C=O) groups is 2. The number of thiazole rings is 1. The fraction of sp³-hybridized carbons (Fsp3) is 0.267. The number of aromatic nitrogens is 1. The zero-order chi connectivity index (χ0) is 15.9. The van der Waals surface area contributed by atoms with Crippen molar-refractivity contribution in [3.8, 4) is 11.3 Å². The molecule has 0 aliphatic rings. The van der Waals surface area contributed by atoms with Gasteiger partial charge in [0.1, 0.15) is 0 Å². The number of benzene rings is 1. The summed E-state index contributed by atoms with van der Waals surface area (Å²) in [6, 6.07) is 8.05. The van der Waals surface area contributed by atoms with E-state index in [1.54, 1.807) is 0 Å². The number of carbonyl (C=O) groups excluding carboxylic acids is 2. The van der Waals surface area contributed by atoms with Crippen LogP contribution in [0.4, 0.5) is 5.13 Å². The van der Waals surface area contributed by atoms with Crippen LogP contribution in [0, 0.1) is 0 Å². The molecule has 0 aliphatic carbocycles. The summed E-state index contributed by atoms with van der Waals surface area (Å²) in [5, 5.41) is 5.34. The van der Waals surface area contributed by atoms with Crippen molar-refractivity contribution in [2.24, 2.45) is 0 Å². The molecule has 1 aromatic heterocycles. The van der Waals surface area contributed by atoms with Gasteiger partial charge in [-0.3, -0.25) is 20.4 Å². The molecule has 0 saturated heterocycles. The van der Waals surface area contributed by atoms with Gasteiger partial charge in [0.25, 0.3) is 0 Å². The maximum atomic E-state index is 10.8. The Balaban J connectivity index is 1.95. The Morgan fingerprint density at radius 2 is 1.86 bits per heavy atom. The molecular formula is C15H18N4O2S. The molecule has 0 fully saturated rings. The third kappa shape index (κ3) is 4.85. The third-order valence-corrected chi connectivity index (χ3v) is 3.64. The molecule has 3 N–H and O–H groups in total. The molecule has 0 saturated carbocycles. The van der Waals surface area contributed by atoms with E-state index in [1.165, 1.54) is 25.2 Å². The first-order chi connectivity index (χ1) is 10.5. The summed E-state index contributed by atoms with van der Waals surface area (Å²) in [5.74, 6) is -0.182. The number of nitrogens with zero attached hydrogens (tertiary/aromatic N) is 1. The van der Waals surface area contributed by atoms with E-state index in [1.807, 2.05) is 29.6 Å². The molecule has 6 nitrogen and oxygen atoms in total. The van der Waals surface area contributed by atoms with E-state index in [4.69, 9.17) is 0 Å². The summed E-state index contributed by atoms with van der Waals surface area (Å²) < 4.78 is 0. The summed E-state index contributed by atoms with van der Waals surface area (Å²) >= 11 is 1.42. The van der Waals surface area contributed by atoms with Crippen LogP contribution in [-0.4, -0.2) is 23.3 Å². The normalized spacial score (nSPS) is 10.1. The van der Waals surface area contributed by atoms with Crippen molar-refractivity contribution in [2.45, 2.75) is 20.3 Å². The van der Waals surface area contributed by atoms with E-state index >= 15 is 0 Å². The van der Waals surface area contributed by atoms with E-state index < -0.39 is 0 Å². The quantitative estimate of drug-likeness (QED) is 0.711. The molecule has 2 aromatic rings. The van der Waals surface area contributed by atoms with Crippen LogP contribution >= 0.6 is 11.3 Å². The smallest absolute Gasteiger partial charge is 0.235 e. The van der Waals surface area contributed by atoms with E-state index in [0.717, 1.165) is 23.2 Å². The van der Waals surface area contributed by atoms with Gasteiger partial charge in [-0.05, 0) is 12.0 Å². The minimum atomic E-state index is -0.166. The van der Waals surface area contributed by atoms with Crippen LogP contribution in [0.2, 0.25) is 0 Å². The monoisotopic (exact) mass is 318 g/mol. The van der Waals surface area contributed by atoms with Crippen molar-refractivity contribution >= 4 is 28.3 Å². The van der Waals surface area contributed by atoms with Gasteiger partial charge in [-0.15, -0.1) is 11.3 Å². The Hall–Kier alpha value is -2.41. The van der Waals surface area contributed by atoms with Gasteiger partial charge in [0.05, 0.1) is 5.69 Å². The lowest BCUT2D eigenvalue weighted by Crippen LogP contribution is -2.26. The number of nitrogens with one attached hydrogen (secondary N) is 3. The molecule has 7 heteroatoms. The van der Waals surface area contributed by atoms with E-state index in [2.05, 4.69) is 21.2 Å². The Morgan fingerprint density at radius 1 is 1.14 bits per heavy atom. The first-order valence-corrected chi connectivity index (χ1v) is 7.74. The first kappa shape index (κ1) is 16.0. The Labute approximate surface area is 132 Å². The van der Waals surface area contributed by atoms with E-state index in [-0.39, 0.29) is 11.8 Å². The third-order valence-electron chi connectivity index (χ3n) is 2.89. The van der Waals surface area contributed by atoms with Crippen molar-refractivity contribution in [1.29, 1.82) is 0 Å². The van der Waals surface area contributed by atoms with Crippen molar-refractivity contribution in [2.75, 3.05) is 12.0 Å². The second-order valence-corrected chi connectivity index (χ2v) is 5.63. The minimum absolute atomic E-state index is 0.0155. The van der Waals surface area contributed by atoms with Crippen molar-refractivity contribution < 1.29 is 9.59 Å². The molecule has 0 unspecified atom stereocenters. The SMILES string of the molecule is CC(=O)NCCc1ccc(-c2csc(NNC(C)=O)n2)cc1. The number of rotatable bonds is 6. The van der Waals surface area contributed by atoms with Gasteiger partial charge in [-0.25, -0.2) is 4.98 Å². The van der Waals surface area contributed by atoms with Gasteiger partial charge >= 0.3 is 0 Å². The molecule has 2 amide bonds. The maximum absolute atomic E-state index is 10.8.